The van der Waals surface area contributed by atoms with E-state index in [1.54, 1.807) is 37.3 Å². The van der Waals surface area contributed by atoms with Gasteiger partial charge in [0, 0.05) is 29.7 Å². The maximum Gasteiger partial charge on any atom is 0.244 e. The van der Waals surface area contributed by atoms with Gasteiger partial charge in [-0.05, 0) is 45.7 Å². The van der Waals surface area contributed by atoms with Crippen LogP contribution in [0.2, 0.25) is 0 Å². The lowest BCUT2D eigenvalue weighted by atomic mass is 10.2. The Morgan fingerprint density at radius 1 is 1.16 bits per heavy atom. The van der Waals surface area contributed by atoms with E-state index in [2.05, 4.69) is 25.2 Å². The number of anilines is 1. The molecule has 0 amide bonds. The normalized spacial score (nSPS) is 15.4. The minimum Gasteiger partial charge on any atom is -0.495 e. The average molecular weight is 524 g/mol. The van der Waals surface area contributed by atoms with Gasteiger partial charge in [0.05, 0.1) is 54.3 Å². The topological polar surface area (TPSA) is 116 Å². The summed E-state index contributed by atoms with van der Waals surface area (Å²) in [5, 5.41) is 13.4. The predicted octanol–water partition coefficient (Wildman–Crippen LogP) is 4.14. The van der Waals surface area contributed by atoms with Crippen molar-refractivity contribution in [1.82, 2.24) is 29.3 Å². The number of methoxy groups -OCH3 is 1. The molecular weight excluding hydrogens is 490 g/mol. The zero-order valence-corrected chi connectivity index (χ0v) is 22.4. The molecular formula is C26H33N7O3S. The van der Waals surface area contributed by atoms with Crippen molar-refractivity contribution >= 4 is 26.6 Å². The highest BCUT2D eigenvalue weighted by molar-refractivity contribution is 7.89. The van der Waals surface area contributed by atoms with Crippen LogP contribution < -0.4 is 14.8 Å². The fourth-order valence-electron chi connectivity index (χ4n) is 5.22. The van der Waals surface area contributed by atoms with E-state index in [0.29, 0.717) is 28.6 Å². The van der Waals surface area contributed by atoms with Gasteiger partial charge in [-0.2, -0.15) is 10.2 Å². The molecule has 37 heavy (non-hydrogen) atoms. The van der Waals surface area contributed by atoms with Crippen LogP contribution in [-0.4, -0.2) is 52.7 Å². The first-order valence-corrected chi connectivity index (χ1v) is 14.0. The number of rotatable bonds is 9. The van der Waals surface area contributed by atoms with E-state index in [1.807, 2.05) is 42.8 Å². The molecule has 1 aliphatic rings. The maximum absolute atomic E-state index is 13.3. The van der Waals surface area contributed by atoms with Crippen molar-refractivity contribution in [2.75, 3.05) is 19.0 Å². The first-order chi connectivity index (χ1) is 17.8. The van der Waals surface area contributed by atoms with E-state index < -0.39 is 10.0 Å². The van der Waals surface area contributed by atoms with Crippen molar-refractivity contribution in [2.24, 2.45) is 0 Å². The van der Waals surface area contributed by atoms with Gasteiger partial charge in [0.1, 0.15) is 10.6 Å². The number of aryl methyl sites for hydroxylation is 1. The molecule has 0 radical (unpaired) electrons. The predicted molar refractivity (Wildman–Crippen MR) is 143 cm³/mol. The number of hydrogen-bond donors (Lipinski definition) is 2. The Hall–Kier alpha value is -3.44. The number of pyridine rings is 1. The van der Waals surface area contributed by atoms with Crippen molar-refractivity contribution in [3.05, 3.63) is 54.2 Å². The highest BCUT2D eigenvalue weighted by Gasteiger charge is 2.29. The molecule has 1 fully saturated rings. The number of nitrogens with zero attached hydrogens (tertiary/aromatic N) is 5. The van der Waals surface area contributed by atoms with Crippen molar-refractivity contribution in [3.8, 4) is 11.4 Å². The number of fused-ring (bicyclic) bond motifs is 1. The van der Waals surface area contributed by atoms with E-state index in [0.717, 1.165) is 48.0 Å². The molecule has 1 atom stereocenters. The van der Waals surface area contributed by atoms with Gasteiger partial charge in [0.2, 0.25) is 10.0 Å². The number of benzene rings is 1. The number of aromatic nitrogens is 5. The Labute approximate surface area is 217 Å². The first-order valence-electron chi connectivity index (χ1n) is 12.6. The van der Waals surface area contributed by atoms with Gasteiger partial charge in [-0.1, -0.05) is 18.9 Å². The Bertz CT molecular complexity index is 1520. The van der Waals surface area contributed by atoms with Crippen LogP contribution in [0.4, 0.5) is 5.69 Å². The molecule has 0 bridgehead atoms. The SMILES string of the molecule is COc1cncc(-n2ncc3c(NCC(C)NS(=O)(=O)c4c(C)nn(C5CCCC5)c4C)cccc32)c1. The molecule has 0 aliphatic heterocycles. The Kier molecular flexibility index (Phi) is 6.91. The Morgan fingerprint density at radius 3 is 2.70 bits per heavy atom. The summed E-state index contributed by atoms with van der Waals surface area (Å²) in [5.41, 5.74) is 3.81. The van der Waals surface area contributed by atoms with Crippen molar-refractivity contribution in [1.29, 1.82) is 0 Å². The average Bonchev–Trinajstić information content (AvgIpc) is 3.61. The highest BCUT2D eigenvalue weighted by atomic mass is 32.2. The lowest BCUT2D eigenvalue weighted by molar-refractivity contribution is 0.412. The number of nitrogens with one attached hydrogen (secondary N) is 2. The second-order valence-corrected chi connectivity index (χ2v) is 11.3. The molecule has 11 heteroatoms. The largest absolute Gasteiger partial charge is 0.495 e. The first kappa shape index (κ1) is 25.2. The summed E-state index contributed by atoms with van der Waals surface area (Å²) >= 11 is 0. The molecule has 4 aromatic rings. The second kappa shape index (κ2) is 10.1. The van der Waals surface area contributed by atoms with Crippen LogP contribution >= 0.6 is 0 Å². The molecule has 10 nitrogen and oxygen atoms in total. The summed E-state index contributed by atoms with van der Waals surface area (Å²) in [6.07, 6.45) is 9.58. The molecule has 1 aliphatic carbocycles. The molecule has 2 N–H and O–H groups in total. The van der Waals surface area contributed by atoms with Gasteiger partial charge in [-0.25, -0.2) is 17.8 Å². The third-order valence-electron chi connectivity index (χ3n) is 6.95. The molecule has 1 unspecified atom stereocenters. The smallest absolute Gasteiger partial charge is 0.244 e. The van der Waals surface area contributed by atoms with Crippen LogP contribution in [0.15, 0.2) is 47.8 Å². The van der Waals surface area contributed by atoms with Gasteiger partial charge >= 0.3 is 0 Å². The molecule has 1 saturated carbocycles. The van der Waals surface area contributed by atoms with Crippen molar-refractivity contribution in [3.63, 3.8) is 0 Å². The van der Waals surface area contributed by atoms with Crippen LogP contribution in [0.25, 0.3) is 16.6 Å². The fraction of sp³-hybridized carbons (Fsp3) is 0.423. The lowest BCUT2D eigenvalue weighted by Crippen LogP contribution is -2.37. The zero-order valence-electron chi connectivity index (χ0n) is 21.6. The minimum atomic E-state index is -3.72. The summed E-state index contributed by atoms with van der Waals surface area (Å²) in [6.45, 7) is 5.87. The van der Waals surface area contributed by atoms with Gasteiger partial charge < -0.3 is 10.1 Å². The van der Waals surface area contributed by atoms with Crippen LogP contribution in [0.1, 0.15) is 50.0 Å². The van der Waals surface area contributed by atoms with E-state index >= 15 is 0 Å². The highest BCUT2D eigenvalue weighted by Crippen LogP contribution is 2.32. The lowest BCUT2D eigenvalue weighted by Gasteiger charge is -2.17. The van der Waals surface area contributed by atoms with Crippen LogP contribution in [0, 0.1) is 13.8 Å². The van der Waals surface area contributed by atoms with Crippen molar-refractivity contribution < 1.29 is 13.2 Å². The summed E-state index contributed by atoms with van der Waals surface area (Å²) in [6, 6.07) is 7.68. The molecule has 0 saturated heterocycles. The number of ether oxygens (including phenoxy) is 1. The Morgan fingerprint density at radius 2 is 1.95 bits per heavy atom. The van der Waals surface area contributed by atoms with E-state index in [-0.39, 0.29) is 12.1 Å². The molecule has 3 heterocycles. The second-order valence-electron chi connectivity index (χ2n) is 9.66. The third kappa shape index (κ3) is 4.93. The molecule has 5 rings (SSSR count). The van der Waals surface area contributed by atoms with E-state index in [9.17, 15) is 8.42 Å². The van der Waals surface area contributed by atoms with Gasteiger partial charge in [-0.3, -0.25) is 9.67 Å². The van der Waals surface area contributed by atoms with Crippen LogP contribution in [0.3, 0.4) is 0 Å². The van der Waals surface area contributed by atoms with E-state index in [4.69, 9.17) is 4.74 Å². The fourth-order valence-corrected chi connectivity index (χ4v) is 6.86. The number of hydrogen-bond acceptors (Lipinski definition) is 7. The summed E-state index contributed by atoms with van der Waals surface area (Å²) in [4.78, 5) is 4.52. The van der Waals surface area contributed by atoms with Crippen LogP contribution in [-0.2, 0) is 10.0 Å². The number of sulfonamides is 1. The summed E-state index contributed by atoms with van der Waals surface area (Å²) in [7, 11) is -2.12. The van der Waals surface area contributed by atoms with Gasteiger partial charge in [-0.15, -0.1) is 0 Å². The van der Waals surface area contributed by atoms with Crippen LogP contribution in [0.5, 0.6) is 5.75 Å². The van der Waals surface area contributed by atoms with Crippen molar-refractivity contribution in [2.45, 2.75) is 63.4 Å². The molecule has 1 aromatic carbocycles. The Balaban J connectivity index is 1.31. The monoisotopic (exact) mass is 523 g/mol. The van der Waals surface area contributed by atoms with Gasteiger partial charge in [0.15, 0.2) is 0 Å². The zero-order chi connectivity index (χ0) is 26.2. The summed E-state index contributed by atoms with van der Waals surface area (Å²) in [5.74, 6) is 0.649. The minimum absolute atomic E-state index is 0.288. The maximum atomic E-state index is 13.3. The molecule has 0 spiro atoms. The standard InChI is InChI=1S/C26H33N7O3S/c1-17(31-37(34,35)26-18(2)30-32(19(26)3)20-8-5-6-9-20)13-28-24-10-7-11-25-23(24)16-29-33(25)21-12-22(36-4)15-27-14-21/h7,10-12,14-17,20,28,31H,5-6,8-9,13H2,1-4H3. The molecule has 196 valence electrons. The summed E-state index contributed by atoms with van der Waals surface area (Å²) < 4.78 is 38.5. The van der Waals surface area contributed by atoms with E-state index in [1.165, 1.54) is 0 Å². The quantitative estimate of drug-likeness (QED) is 0.339. The third-order valence-corrected chi connectivity index (χ3v) is 8.79. The molecule has 3 aromatic heterocycles. The van der Waals surface area contributed by atoms with Gasteiger partial charge in [0.25, 0.3) is 0 Å².